The lowest BCUT2D eigenvalue weighted by Gasteiger charge is -2.27. The smallest absolute Gasteiger partial charge is 0.314 e. The molecule has 116 valence electrons. The van der Waals surface area contributed by atoms with Crippen molar-refractivity contribution in [2.75, 3.05) is 13.7 Å². The average molecular weight is 291 g/mol. The third-order valence-corrected chi connectivity index (χ3v) is 4.38. The van der Waals surface area contributed by atoms with Crippen LogP contribution in [-0.2, 0) is 11.3 Å². The molecule has 0 spiro atoms. The molecule has 0 bridgehead atoms. The Labute approximate surface area is 127 Å². The first-order valence-electron chi connectivity index (χ1n) is 8.02. The summed E-state index contributed by atoms with van der Waals surface area (Å²) < 4.78 is 0. The molecule has 1 N–H and O–H groups in total. The van der Waals surface area contributed by atoms with E-state index in [0.29, 0.717) is 16.7 Å². The second-order valence-electron chi connectivity index (χ2n) is 6.12. The van der Waals surface area contributed by atoms with E-state index in [-0.39, 0.29) is 0 Å². The van der Waals surface area contributed by atoms with E-state index in [1.165, 1.54) is 38.4 Å². The normalized spacial score (nSPS) is 22.0. The molecule has 1 aromatic carbocycles. The second-order valence-corrected chi connectivity index (χ2v) is 6.12. The molecule has 0 unspecified atom stereocenters. The molecule has 0 heterocycles. The van der Waals surface area contributed by atoms with Gasteiger partial charge in [-0.25, -0.2) is 4.84 Å². The zero-order chi connectivity index (χ0) is 15.1. The Bertz CT molecular complexity index is 454. The lowest BCUT2D eigenvalue weighted by molar-refractivity contribution is -0.736. The number of hydrogen-bond donors (Lipinski definition) is 1. The highest BCUT2D eigenvalue weighted by Crippen LogP contribution is 2.23. The summed E-state index contributed by atoms with van der Waals surface area (Å²) in [5.74, 6) is 0.904. The van der Waals surface area contributed by atoms with Gasteiger partial charge in [-0.3, -0.25) is 0 Å². The van der Waals surface area contributed by atoms with Crippen molar-refractivity contribution in [3.63, 3.8) is 0 Å². The number of aryl methyl sites for hydroxylation is 1. The van der Waals surface area contributed by atoms with Crippen LogP contribution in [0.3, 0.4) is 0 Å². The van der Waals surface area contributed by atoms with Gasteiger partial charge in [0.25, 0.3) is 4.92 Å². The van der Waals surface area contributed by atoms with E-state index in [1.54, 1.807) is 6.07 Å². The van der Waals surface area contributed by atoms with Crippen molar-refractivity contribution in [1.82, 2.24) is 5.32 Å². The van der Waals surface area contributed by atoms with Crippen LogP contribution in [0.2, 0.25) is 0 Å². The van der Waals surface area contributed by atoms with Gasteiger partial charge in [-0.05, 0) is 56.6 Å². The molecule has 0 aliphatic heterocycles. The van der Waals surface area contributed by atoms with Crippen molar-refractivity contribution in [3.05, 3.63) is 34.7 Å². The fourth-order valence-corrected chi connectivity index (χ4v) is 2.99. The Balaban J connectivity index is 1.70. The molecule has 21 heavy (non-hydrogen) atoms. The van der Waals surface area contributed by atoms with Crippen molar-refractivity contribution in [2.24, 2.45) is 5.92 Å². The molecule has 1 saturated carbocycles. The molecule has 1 aromatic rings. The van der Waals surface area contributed by atoms with Gasteiger partial charge in [0, 0.05) is 18.2 Å². The van der Waals surface area contributed by atoms with E-state index in [9.17, 15) is 4.91 Å². The maximum atomic E-state index is 11.4. The van der Waals surface area contributed by atoms with Crippen LogP contribution in [0.5, 0.6) is 0 Å². The van der Waals surface area contributed by atoms with Crippen LogP contribution in [0.15, 0.2) is 24.3 Å². The lowest BCUT2D eigenvalue weighted by Crippen LogP contribution is -2.33. The standard InChI is InChI=1S/C17H27N2O2/c1-14-8-10-16(11-9-14)18-12-4-6-15-5-3-7-17(13-15)19(20)21-2/h3,5,7,13-14,16,18H,4,6,8-12H2,1-2H3/q+1. The van der Waals surface area contributed by atoms with Crippen LogP contribution < -0.4 is 5.32 Å². The summed E-state index contributed by atoms with van der Waals surface area (Å²) in [6, 6.07) is 8.35. The summed E-state index contributed by atoms with van der Waals surface area (Å²) in [7, 11) is 1.38. The SMILES string of the molecule is CO[N+](=O)c1cccc(CCCNC2CCC(C)CC2)c1. The van der Waals surface area contributed by atoms with E-state index in [4.69, 9.17) is 0 Å². The first kappa shape index (κ1) is 16.0. The highest BCUT2D eigenvalue weighted by molar-refractivity contribution is 5.33. The number of hydrogen-bond acceptors (Lipinski definition) is 3. The number of benzene rings is 1. The first-order chi connectivity index (χ1) is 10.2. The zero-order valence-corrected chi connectivity index (χ0v) is 13.2. The van der Waals surface area contributed by atoms with E-state index in [1.807, 2.05) is 12.1 Å². The van der Waals surface area contributed by atoms with Gasteiger partial charge in [0.1, 0.15) is 0 Å². The van der Waals surface area contributed by atoms with Gasteiger partial charge in [-0.1, -0.05) is 19.1 Å². The van der Waals surface area contributed by atoms with E-state index in [2.05, 4.69) is 23.1 Å². The molecule has 1 aliphatic carbocycles. The number of nitrogens with zero attached hydrogens (tertiary/aromatic N) is 1. The largest absolute Gasteiger partial charge is 0.317 e. The van der Waals surface area contributed by atoms with Crippen molar-refractivity contribution >= 4 is 5.69 Å². The molecule has 0 aromatic heterocycles. The summed E-state index contributed by atoms with van der Waals surface area (Å²) >= 11 is 0. The van der Waals surface area contributed by atoms with Gasteiger partial charge in [-0.2, -0.15) is 0 Å². The molecule has 1 aliphatic rings. The minimum Gasteiger partial charge on any atom is -0.314 e. The van der Waals surface area contributed by atoms with Crippen LogP contribution >= 0.6 is 0 Å². The summed E-state index contributed by atoms with van der Waals surface area (Å²) in [5.41, 5.74) is 1.74. The van der Waals surface area contributed by atoms with Gasteiger partial charge in [0.15, 0.2) is 7.11 Å². The fourth-order valence-electron chi connectivity index (χ4n) is 2.99. The van der Waals surface area contributed by atoms with Crippen LogP contribution in [0.1, 0.15) is 44.6 Å². The summed E-state index contributed by atoms with van der Waals surface area (Å²) in [6.07, 6.45) is 7.43. The maximum Gasteiger partial charge on any atom is 0.317 e. The van der Waals surface area contributed by atoms with Crippen molar-refractivity contribution in [2.45, 2.75) is 51.5 Å². The molecule has 1 fully saturated rings. The third kappa shape index (κ3) is 5.12. The second kappa shape index (κ2) is 8.13. The van der Waals surface area contributed by atoms with E-state index >= 15 is 0 Å². The number of nitrogens with one attached hydrogen (secondary N) is 1. The molecule has 0 amide bonds. The van der Waals surface area contributed by atoms with Gasteiger partial charge >= 0.3 is 5.69 Å². The third-order valence-electron chi connectivity index (χ3n) is 4.38. The van der Waals surface area contributed by atoms with E-state index in [0.717, 1.165) is 25.3 Å². The molecule has 4 heteroatoms. The average Bonchev–Trinajstić information content (AvgIpc) is 2.53. The summed E-state index contributed by atoms with van der Waals surface area (Å²) in [5, 5.41) is 3.66. The van der Waals surface area contributed by atoms with Crippen molar-refractivity contribution in [1.29, 1.82) is 0 Å². The van der Waals surface area contributed by atoms with Crippen molar-refractivity contribution < 1.29 is 9.76 Å². The zero-order valence-electron chi connectivity index (χ0n) is 13.2. The van der Waals surface area contributed by atoms with Gasteiger partial charge in [0.05, 0.1) is 4.91 Å². The Morgan fingerprint density at radius 2 is 2.05 bits per heavy atom. The van der Waals surface area contributed by atoms with Gasteiger partial charge in [0.2, 0.25) is 0 Å². The predicted molar refractivity (Wildman–Crippen MR) is 84.5 cm³/mol. The highest BCUT2D eigenvalue weighted by Gasteiger charge is 2.17. The van der Waals surface area contributed by atoms with Crippen LogP contribution in [0, 0.1) is 10.8 Å². The molecule has 0 atom stereocenters. The van der Waals surface area contributed by atoms with Gasteiger partial charge < -0.3 is 5.32 Å². The Hall–Kier alpha value is -1.42. The molecule has 4 nitrogen and oxygen atoms in total. The van der Waals surface area contributed by atoms with Crippen LogP contribution in [0.25, 0.3) is 0 Å². The predicted octanol–water partition coefficient (Wildman–Crippen LogP) is 3.76. The molecule has 0 radical (unpaired) electrons. The minimum atomic E-state index is 0.547. The lowest BCUT2D eigenvalue weighted by atomic mass is 9.87. The van der Waals surface area contributed by atoms with Crippen LogP contribution in [-0.4, -0.2) is 24.6 Å². The Morgan fingerprint density at radius 3 is 2.76 bits per heavy atom. The molecule has 2 rings (SSSR count). The summed E-state index contributed by atoms with van der Waals surface area (Å²) in [6.45, 7) is 3.40. The van der Waals surface area contributed by atoms with Gasteiger partial charge in [-0.15, -0.1) is 0 Å². The highest BCUT2D eigenvalue weighted by atomic mass is 16.8. The van der Waals surface area contributed by atoms with E-state index < -0.39 is 0 Å². The minimum absolute atomic E-state index is 0.547. The quantitative estimate of drug-likeness (QED) is 0.614. The molecular formula is C17H27N2O2+. The first-order valence-corrected chi connectivity index (χ1v) is 8.02. The van der Waals surface area contributed by atoms with Crippen molar-refractivity contribution in [3.8, 4) is 0 Å². The monoisotopic (exact) mass is 291 g/mol. The maximum absolute atomic E-state index is 11.4. The van der Waals surface area contributed by atoms with Crippen LogP contribution in [0.4, 0.5) is 5.69 Å². The Morgan fingerprint density at radius 1 is 1.29 bits per heavy atom. The molecular weight excluding hydrogens is 264 g/mol. The fraction of sp³-hybridized carbons (Fsp3) is 0.647. The Kier molecular flexibility index (Phi) is 6.18. The number of rotatable bonds is 7. The molecule has 0 saturated heterocycles. The topological polar surface area (TPSA) is 41.3 Å². The summed E-state index contributed by atoms with van der Waals surface area (Å²) in [4.78, 5) is 16.6.